The van der Waals surface area contributed by atoms with E-state index in [4.69, 9.17) is 0 Å². The summed E-state index contributed by atoms with van der Waals surface area (Å²) >= 11 is 1.57. The molecule has 1 aliphatic heterocycles. The molecule has 0 saturated carbocycles. The van der Waals surface area contributed by atoms with Gasteiger partial charge in [0, 0.05) is 45.0 Å². The number of hydrogen-bond donors (Lipinski definition) is 0. The molecule has 0 spiro atoms. The van der Waals surface area contributed by atoms with E-state index < -0.39 is 0 Å². The molecule has 2 rings (SSSR count). The summed E-state index contributed by atoms with van der Waals surface area (Å²) in [6.07, 6.45) is 0. The zero-order valence-corrected chi connectivity index (χ0v) is 12.2. The van der Waals surface area contributed by atoms with E-state index in [1.54, 1.807) is 18.3 Å². The molecule has 18 heavy (non-hydrogen) atoms. The molecule has 5 heteroatoms. The Morgan fingerprint density at radius 2 is 2.06 bits per heavy atom. The lowest BCUT2D eigenvalue weighted by Gasteiger charge is -2.35. The molecule has 1 aromatic heterocycles. The second kappa shape index (κ2) is 5.80. The molecule has 0 bridgehead atoms. The highest BCUT2D eigenvalue weighted by Crippen LogP contribution is 2.22. The molecule has 0 radical (unpaired) electrons. The molecule has 1 aliphatic rings. The Kier molecular flexibility index (Phi) is 4.35. The molecule has 1 aromatic rings. The van der Waals surface area contributed by atoms with Gasteiger partial charge in [0.05, 0.1) is 0 Å². The van der Waals surface area contributed by atoms with Crippen molar-refractivity contribution in [2.45, 2.75) is 20.8 Å². The van der Waals surface area contributed by atoms with E-state index in [0.29, 0.717) is 5.69 Å². The zero-order chi connectivity index (χ0) is 13.1. The minimum atomic E-state index is 0.0518. The minimum absolute atomic E-state index is 0.0518. The number of carbonyl (C=O) groups excluding carboxylic acids is 1. The van der Waals surface area contributed by atoms with Gasteiger partial charge in [-0.15, -0.1) is 11.3 Å². The van der Waals surface area contributed by atoms with Gasteiger partial charge in [0.1, 0.15) is 5.69 Å². The van der Waals surface area contributed by atoms with Crippen molar-refractivity contribution in [3.63, 3.8) is 0 Å². The second-order valence-electron chi connectivity index (χ2n) is 5.25. The maximum atomic E-state index is 11.2. The summed E-state index contributed by atoms with van der Waals surface area (Å²) in [6, 6.07) is 0. The Morgan fingerprint density at radius 1 is 1.39 bits per heavy atom. The van der Waals surface area contributed by atoms with Crippen molar-refractivity contribution in [1.29, 1.82) is 0 Å². The molecule has 0 unspecified atom stereocenters. The largest absolute Gasteiger partial charge is 0.346 e. The van der Waals surface area contributed by atoms with Crippen LogP contribution in [0.15, 0.2) is 5.38 Å². The van der Waals surface area contributed by atoms with E-state index in [-0.39, 0.29) is 5.78 Å². The van der Waals surface area contributed by atoms with Crippen molar-refractivity contribution in [3.05, 3.63) is 11.1 Å². The van der Waals surface area contributed by atoms with Crippen LogP contribution in [0.2, 0.25) is 0 Å². The van der Waals surface area contributed by atoms with Crippen molar-refractivity contribution in [2.24, 2.45) is 5.92 Å². The summed E-state index contributed by atoms with van der Waals surface area (Å²) in [5, 5.41) is 2.85. The molecule has 100 valence electrons. The number of Topliss-reactive ketones (excluding diaryl/α,β-unsaturated/α-hetero) is 1. The third-order valence-corrected chi connectivity index (χ3v) is 4.02. The number of aromatic nitrogens is 1. The minimum Gasteiger partial charge on any atom is -0.346 e. The third kappa shape index (κ3) is 3.29. The average Bonchev–Trinajstić information content (AvgIpc) is 2.78. The van der Waals surface area contributed by atoms with E-state index >= 15 is 0 Å². The van der Waals surface area contributed by atoms with Gasteiger partial charge in [0.15, 0.2) is 10.9 Å². The highest BCUT2D eigenvalue weighted by Gasteiger charge is 2.20. The van der Waals surface area contributed by atoms with Gasteiger partial charge < -0.3 is 4.90 Å². The van der Waals surface area contributed by atoms with E-state index in [2.05, 4.69) is 28.6 Å². The average molecular weight is 267 g/mol. The molecule has 1 fully saturated rings. The quantitative estimate of drug-likeness (QED) is 0.783. The number of anilines is 1. The third-order valence-electron chi connectivity index (χ3n) is 3.12. The van der Waals surface area contributed by atoms with E-state index in [9.17, 15) is 4.79 Å². The highest BCUT2D eigenvalue weighted by molar-refractivity contribution is 7.13. The summed E-state index contributed by atoms with van der Waals surface area (Å²) in [4.78, 5) is 20.4. The van der Waals surface area contributed by atoms with Gasteiger partial charge in [0.25, 0.3) is 0 Å². The smallest absolute Gasteiger partial charge is 0.186 e. The van der Waals surface area contributed by atoms with Gasteiger partial charge in [0.2, 0.25) is 0 Å². The Bertz CT molecular complexity index is 408. The molecule has 0 N–H and O–H groups in total. The molecule has 0 atom stereocenters. The molecule has 2 heterocycles. The van der Waals surface area contributed by atoms with Crippen LogP contribution in [-0.2, 0) is 0 Å². The fourth-order valence-corrected chi connectivity index (χ4v) is 3.13. The normalized spacial score (nSPS) is 17.4. The molecule has 1 saturated heterocycles. The standard InChI is InChI=1S/C13H21N3OS/c1-10(2)8-15-4-6-16(7-5-15)13-14-12(9-18-13)11(3)17/h9-10H,4-8H2,1-3H3. The molecule has 0 aliphatic carbocycles. The van der Waals surface area contributed by atoms with Crippen LogP contribution in [0.4, 0.5) is 5.13 Å². The number of thiazole rings is 1. The Morgan fingerprint density at radius 3 is 2.56 bits per heavy atom. The first-order chi connectivity index (χ1) is 8.56. The van der Waals surface area contributed by atoms with Gasteiger partial charge in [-0.3, -0.25) is 9.69 Å². The number of ketones is 1. The first-order valence-corrected chi connectivity index (χ1v) is 7.38. The summed E-state index contributed by atoms with van der Waals surface area (Å²) in [7, 11) is 0. The van der Waals surface area contributed by atoms with E-state index in [1.807, 2.05) is 5.38 Å². The van der Waals surface area contributed by atoms with Crippen LogP contribution in [0.3, 0.4) is 0 Å². The lowest BCUT2D eigenvalue weighted by atomic mass is 10.2. The summed E-state index contributed by atoms with van der Waals surface area (Å²) in [6.45, 7) is 11.5. The highest BCUT2D eigenvalue weighted by atomic mass is 32.1. The summed E-state index contributed by atoms with van der Waals surface area (Å²) in [5.41, 5.74) is 0.597. The van der Waals surface area contributed by atoms with Gasteiger partial charge in [-0.05, 0) is 5.92 Å². The first kappa shape index (κ1) is 13.5. The maximum Gasteiger partial charge on any atom is 0.186 e. The Balaban J connectivity index is 1.90. The van der Waals surface area contributed by atoms with Crippen LogP contribution >= 0.6 is 11.3 Å². The van der Waals surface area contributed by atoms with Crippen LogP contribution in [0.1, 0.15) is 31.3 Å². The maximum absolute atomic E-state index is 11.2. The lowest BCUT2D eigenvalue weighted by Crippen LogP contribution is -2.47. The van der Waals surface area contributed by atoms with Crippen LogP contribution in [0.25, 0.3) is 0 Å². The van der Waals surface area contributed by atoms with E-state index in [0.717, 1.165) is 37.2 Å². The van der Waals surface area contributed by atoms with Gasteiger partial charge in [-0.2, -0.15) is 0 Å². The number of carbonyl (C=O) groups is 1. The van der Waals surface area contributed by atoms with Crippen LogP contribution in [-0.4, -0.2) is 48.4 Å². The lowest BCUT2D eigenvalue weighted by molar-refractivity contribution is 0.101. The monoisotopic (exact) mass is 267 g/mol. The molecular formula is C13H21N3OS. The Hall–Kier alpha value is -0.940. The van der Waals surface area contributed by atoms with Gasteiger partial charge in [-0.1, -0.05) is 13.8 Å². The number of hydrogen-bond acceptors (Lipinski definition) is 5. The topological polar surface area (TPSA) is 36.4 Å². The SMILES string of the molecule is CC(=O)c1csc(N2CCN(CC(C)C)CC2)n1. The molecular weight excluding hydrogens is 246 g/mol. The van der Waals surface area contributed by atoms with Crippen molar-refractivity contribution in [2.75, 3.05) is 37.6 Å². The van der Waals surface area contributed by atoms with Gasteiger partial charge >= 0.3 is 0 Å². The zero-order valence-electron chi connectivity index (χ0n) is 11.3. The fourth-order valence-electron chi connectivity index (χ4n) is 2.21. The summed E-state index contributed by atoms with van der Waals surface area (Å²) < 4.78 is 0. The van der Waals surface area contributed by atoms with Crippen LogP contribution in [0, 0.1) is 5.92 Å². The van der Waals surface area contributed by atoms with Crippen LogP contribution < -0.4 is 4.90 Å². The molecule has 4 nitrogen and oxygen atoms in total. The van der Waals surface area contributed by atoms with Crippen molar-refractivity contribution < 1.29 is 4.79 Å². The fraction of sp³-hybridized carbons (Fsp3) is 0.692. The number of rotatable bonds is 4. The summed E-state index contributed by atoms with van der Waals surface area (Å²) in [5.74, 6) is 0.775. The Labute approximate surface area is 113 Å². The van der Waals surface area contributed by atoms with Crippen molar-refractivity contribution >= 4 is 22.3 Å². The number of nitrogens with zero attached hydrogens (tertiary/aromatic N) is 3. The molecule has 0 aromatic carbocycles. The van der Waals surface area contributed by atoms with Crippen molar-refractivity contribution in [3.8, 4) is 0 Å². The first-order valence-electron chi connectivity index (χ1n) is 6.50. The second-order valence-corrected chi connectivity index (χ2v) is 6.09. The predicted molar refractivity (Wildman–Crippen MR) is 75.6 cm³/mol. The predicted octanol–water partition coefficient (Wildman–Crippen LogP) is 2.12. The molecule has 0 amide bonds. The van der Waals surface area contributed by atoms with Crippen molar-refractivity contribution in [1.82, 2.24) is 9.88 Å². The van der Waals surface area contributed by atoms with E-state index in [1.165, 1.54) is 6.54 Å². The van der Waals surface area contributed by atoms with Crippen LogP contribution in [0.5, 0.6) is 0 Å². The number of piperazine rings is 1. The van der Waals surface area contributed by atoms with Gasteiger partial charge in [-0.25, -0.2) is 4.98 Å².